The Kier molecular flexibility index (Phi) is 3.15. The normalized spacial score (nSPS) is 21.8. The van der Waals surface area contributed by atoms with Crippen molar-refractivity contribution in [2.75, 3.05) is 13.2 Å². The Morgan fingerprint density at radius 1 is 1.38 bits per heavy atom. The van der Waals surface area contributed by atoms with Crippen molar-refractivity contribution in [3.63, 3.8) is 0 Å². The van der Waals surface area contributed by atoms with Gasteiger partial charge in [0, 0.05) is 22.9 Å². The quantitative estimate of drug-likeness (QED) is 0.856. The number of nitrogens with zero attached hydrogens (tertiary/aromatic N) is 3. The predicted octanol–water partition coefficient (Wildman–Crippen LogP) is 3.14. The third-order valence-corrected chi connectivity index (χ3v) is 5.40. The standard InChI is InChI=1S/C16H18BrN3O/c1-20-10-18-19-15(20)14(11-3-2-4-13(17)5-11)12-6-16(7-12)8-21-9-16/h2-5,10,12,14H,6-9H2,1H3. The minimum atomic E-state index is 0.321. The van der Waals surface area contributed by atoms with E-state index in [1.165, 1.54) is 18.4 Å². The molecule has 2 fully saturated rings. The lowest BCUT2D eigenvalue weighted by Gasteiger charge is -2.55. The van der Waals surface area contributed by atoms with E-state index >= 15 is 0 Å². The molecule has 1 unspecified atom stereocenters. The fourth-order valence-corrected chi connectivity index (χ4v) is 4.24. The van der Waals surface area contributed by atoms with Gasteiger partial charge >= 0.3 is 0 Å². The first-order chi connectivity index (χ1) is 10.2. The van der Waals surface area contributed by atoms with Crippen molar-refractivity contribution >= 4 is 15.9 Å². The van der Waals surface area contributed by atoms with Crippen LogP contribution in [-0.2, 0) is 11.8 Å². The van der Waals surface area contributed by atoms with Gasteiger partial charge in [-0.15, -0.1) is 10.2 Å². The molecule has 1 aromatic carbocycles. The molecule has 110 valence electrons. The molecule has 0 N–H and O–H groups in total. The van der Waals surface area contributed by atoms with E-state index in [1.807, 2.05) is 11.6 Å². The first-order valence-electron chi connectivity index (χ1n) is 7.34. The first-order valence-corrected chi connectivity index (χ1v) is 8.13. The van der Waals surface area contributed by atoms with Gasteiger partial charge in [0.15, 0.2) is 0 Å². The molecule has 1 saturated carbocycles. The number of ether oxygens (including phenoxy) is 1. The van der Waals surface area contributed by atoms with Crippen molar-refractivity contribution < 1.29 is 4.74 Å². The average molecular weight is 348 g/mol. The molecule has 5 heteroatoms. The number of halogens is 1. The van der Waals surface area contributed by atoms with Gasteiger partial charge in [0.2, 0.25) is 0 Å². The SMILES string of the molecule is Cn1cnnc1C(c1cccc(Br)c1)C1CC2(COC2)C1. The molecule has 0 radical (unpaired) electrons. The van der Waals surface area contributed by atoms with E-state index in [0.29, 0.717) is 17.3 Å². The number of benzene rings is 1. The Morgan fingerprint density at radius 3 is 2.76 bits per heavy atom. The Bertz CT molecular complexity index is 657. The fourth-order valence-electron chi connectivity index (χ4n) is 3.82. The van der Waals surface area contributed by atoms with Gasteiger partial charge in [-0.3, -0.25) is 0 Å². The lowest BCUT2D eigenvalue weighted by molar-refractivity contribution is -0.181. The van der Waals surface area contributed by atoms with Crippen LogP contribution in [0.4, 0.5) is 0 Å². The van der Waals surface area contributed by atoms with Crippen LogP contribution in [0.2, 0.25) is 0 Å². The summed E-state index contributed by atoms with van der Waals surface area (Å²) in [6, 6.07) is 8.58. The van der Waals surface area contributed by atoms with Crippen LogP contribution in [0.5, 0.6) is 0 Å². The minimum absolute atomic E-state index is 0.321. The van der Waals surface area contributed by atoms with Crippen LogP contribution in [0.3, 0.4) is 0 Å². The largest absolute Gasteiger partial charge is 0.380 e. The molecule has 1 saturated heterocycles. The van der Waals surface area contributed by atoms with Crippen LogP contribution in [0.1, 0.15) is 30.1 Å². The molecule has 1 aliphatic heterocycles. The molecule has 1 atom stereocenters. The van der Waals surface area contributed by atoms with E-state index in [0.717, 1.165) is 23.5 Å². The van der Waals surface area contributed by atoms with Crippen molar-refractivity contribution in [3.8, 4) is 0 Å². The summed E-state index contributed by atoms with van der Waals surface area (Å²) in [6.07, 6.45) is 4.26. The van der Waals surface area contributed by atoms with E-state index in [1.54, 1.807) is 6.33 Å². The lowest BCUT2D eigenvalue weighted by Crippen LogP contribution is -2.53. The number of hydrogen-bond acceptors (Lipinski definition) is 3. The highest BCUT2D eigenvalue weighted by Gasteiger charge is 2.52. The van der Waals surface area contributed by atoms with E-state index < -0.39 is 0 Å². The highest BCUT2D eigenvalue weighted by atomic mass is 79.9. The summed E-state index contributed by atoms with van der Waals surface area (Å²) in [7, 11) is 2.03. The summed E-state index contributed by atoms with van der Waals surface area (Å²) in [5, 5.41) is 8.46. The van der Waals surface area contributed by atoms with Crippen LogP contribution in [0.25, 0.3) is 0 Å². The molecule has 0 amide bonds. The van der Waals surface area contributed by atoms with Crippen LogP contribution in [-0.4, -0.2) is 28.0 Å². The van der Waals surface area contributed by atoms with Crippen LogP contribution < -0.4 is 0 Å². The maximum absolute atomic E-state index is 5.41. The molecule has 2 aliphatic rings. The van der Waals surface area contributed by atoms with Crippen molar-refractivity contribution in [2.24, 2.45) is 18.4 Å². The van der Waals surface area contributed by atoms with Gasteiger partial charge in [-0.05, 0) is 36.5 Å². The Balaban J connectivity index is 1.68. The molecule has 2 heterocycles. The van der Waals surface area contributed by atoms with Crippen LogP contribution in [0.15, 0.2) is 35.1 Å². The molecule has 4 nitrogen and oxygen atoms in total. The second-order valence-corrected chi connectivity index (χ2v) is 7.41. The summed E-state index contributed by atoms with van der Waals surface area (Å²) < 4.78 is 8.57. The highest BCUT2D eigenvalue weighted by Crippen LogP contribution is 2.56. The highest BCUT2D eigenvalue weighted by molar-refractivity contribution is 9.10. The molecule has 2 aromatic rings. The van der Waals surface area contributed by atoms with Crippen LogP contribution in [0, 0.1) is 11.3 Å². The van der Waals surface area contributed by atoms with Gasteiger partial charge in [-0.25, -0.2) is 0 Å². The summed E-state index contributed by atoms with van der Waals surface area (Å²) in [6.45, 7) is 1.88. The molecular formula is C16H18BrN3O. The van der Waals surface area contributed by atoms with Crippen LogP contribution >= 0.6 is 15.9 Å². The zero-order valence-electron chi connectivity index (χ0n) is 12.0. The summed E-state index contributed by atoms with van der Waals surface area (Å²) in [5.74, 6) is 2.01. The summed E-state index contributed by atoms with van der Waals surface area (Å²) in [4.78, 5) is 0. The van der Waals surface area contributed by atoms with Crippen molar-refractivity contribution in [3.05, 3.63) is 46.5 Å². The Labute approximate surface area is 132 Å². The van der Waals surface area contributed by atoms with Gasteiger partial charge in [0.05, 0.1) is 13.2 Å². The second kappa shape index (κ2) is 4.92. The number of aromatic nitrogens is 3. The predicted molar refractivity (Wildman–Crippen MR) is 83.0 cm³/mol. The average Bonchev–Trinajstić information content (AvgIpc) is 2.77. The third kappa shape index (κ3) is 2.23. The molecule has 4 rings (SSSR count). The third-order valence-electron chi connectivity index (χ3n) is 4.91. The van der Waals surface area contributed by atoms with Crippen molar-refractivity contribution in [1.29, 1.82) is 0 Å². The Hall–Kier alpha value is -1.20. The zero-order chi connectivity index (χ0) is 14.4. The molecule has 21 heavy (non-hydrogen) atoms. The van der Waals surface area contributed by atoms with E-state index in [9.17, 15) is 0 Å². The van der Waals surface area contributed by atoms with Gasteiger partial charge in [-0.2, -0.15) is 0 Å². The number of hydrogen-bond donors (Lipinski definition) is 0. The molecule has 0 bridgehead atoms. The lowest BCUT2D eigenvalue weighted by atomic mass is 9.56. The summed E-state index contributed by atoms with van der Waals surface area (Å²) >= 11 is 3.59. The zero-order valence-corrected chi connectivity index (χ0v) is 13.6. The maximum atomic E-state index is 5.41. The molecule has 1 aromatic heterocycles. The van der Waals surface area contributed by atoms with E-state index in [-0.39, 0.29) is 0 Å². The van der Waals surface area contributed by atoms with E-state index in [4.69, 9.17) is 4.74 Å². The smallest absolute Gasteiger partial charge is 0.140 e. The Morgan fingerprint density at radius 2 is 2.19 bits per heavy atom. The maximum Gasteiger partial charge on any atom is 0.140 e. The number of rotatable bonds is 3. The summed E-state index contributed by atoms with van der Waals surface area (Å²) in [5.41, 5.74) is 1.79. The first kappa shape index (κ1) is 13.5. The molecule has 1 aliphatic carbocycles. The molecule has 1 spiro atoms. The van der Waals surface area contributed by atoms with E-state index in [2.05, 4.69) is 50.4 Å². The fraction of sp³-hybridized carbons (Fsp3) is 0.500. The number of aryl methyl sites for hydroxylation is 1. The van der Waals surface area contributed by atoms with Gasteiger partial charge in [0.25, 0.3) is 0 Å². The topological polar surface area (TPSA) is 39.9 Å². The monoisotopic (exact) mass is 347 g/mol. The van der Waals surface area contributed by atoms with Gasteiger partial charge in [0.1, 0.15) is 12.2 Å². The second-order valence-electron chi connectivity index (χ2n) is 6.49. The van der Waals surface area contributed by atoms with Gasteiger partial charge < -0.3 is 9.30 Å². The van der Waals surface area contributed by atoms with Crippen molar-refractivity contribution in [2.45, 2.75) is 18.8 Å². The van der Waals surface area contributed by atoms with Crippen molar-refractivity contribution in [1.82, 2.24) is 14.8 Å². The molecular weight excluding hydrogens is 330 g/mol. The van der Waals surface area contributed by atoms with Gasteiger partial charge in [-0.1, -0.05) is 28.1 Å². The minimum Gasteiger partial charge on any atom is -0.380 e.